The summed E-state index contributed by atoms with van der Waals surface area (Å²) < 4.78 is 32.6. The van der Waals surface area contributed by atoms with E-state index in [0.29, 0.717) is 18.0 Å². The highest BCUT2D eigenvalue weighted by molar-refractivity contribution is 7.92. The van der Waals surface area contributed by atoms with Gasteiger partial charge in [0.1, 0.15) is 18.3 Å². The van der Waals surface area contributed by atoms with Crippen LogP contribution in [0.5, 0.6) is 5.75 Å². The number of nitrogens with one attached hydrogen (secondary N) is 1. The number of aryl methyl sites for hydroxylation is 2. The summed E-state index contributed by atoms with van der Waals surface area (Å²) in [5.41, 5.74) is 3.58. The minimum atomic E-state index is -3.83. The van der Waals surface area contributed by atoms with E-state index in [1.807, 2.05) is 87.5 Å². The van der Waals surface area contributed by atoms with Gasteiger partial charge in [0.05, 0.1) is 19.1 Å². The van der Waals surface area contributed by atoms with Gasteiger partial charge in [-0.2, -0.15) is 0 Å². The maximum atomic E-state index is 14.2. The SMILES string of the molecule is CCCNC(=O)[C@@H](Cc1ccccc1)N(Cc1cccc(OC)c1)C(=O)CN(c1c(C)cccc1C)S(C)(=O)=O. The molecule has 9 heteroatoms. The minimum absolute atomic E-state index is 0.0947. The molecule has 40 heavy (non-hydrogen) atoms. The molecule has 1 atom stereocenters. The van der Waals surface area contributed by atoms with Gasteiger partial charge in [0.2, 0.25) is 21.8 Å². The number of carbonyl (C=O) groups excluding carboxylic acids is 2. The fourth-order valence-corrected chi connectivity index (χ4v) is 5.63. The molecule has 0 unspecified atom stereocenters. The van der Waals surface area contributed by atoms with Gasteiger partial charge in [0, 0.05) is 19.5 Å². The van der Waals surface area contributed by atoms with Crippen LogP contribution in [0.15, 0.2) is 72.8 Å². The maximum absolute atomic E-state index is 14.2. The van der Waals surface area contributed by atoms with Crippen LogP contribution in [0.25, 0.3) is 0 Å². The van der Waals surface area contributed by atoms with E-state index >= 15 is 0 Å². The summed E-state index contributed by atoms with van der Waals surface area (Å²) in [6.45, 7) is 5.70. The molecular weight excluding hydrogens is 526 g/mol. The van der Waals surface area contributed by atoms with Crippen molar-refractivity contribution in [2.45, 2.75) is 46.2 Å². The predicted octanol–water partition coefficient (Wildman–Crippen LogP) is 4.24. The largest absolute Gasteiger partial charge is 0.497 e. The van der Waals surface area contributed by atoms with Crippen molar-refractivity contribution in [3.63, 3.8) is 0 Å². The Bertz CT molecular complexity index is 1390. The second kappa shape index (κ2) is 14.0. The zero-order valence-electron chi connectivity index (χ0n) is 23.9. The Labute approximate surface area is 238 Å². The van der Waals surface area contributed by atoms with Crippen molar-refractivity contribution >= 4 is 27.5 Å². The number of para-hydroxylation sites is 1. The Kier molecular flexibility index (Phi) is 10.7. The van der Waals surface area contributed by atoms with E-state index in [9.17, 15) is 18.0 Å². The first kappa shape index (κ1) is 30.7. The predicted molar refractivity (Wildman–Crippen MR) is 159 cm³/mol. The lowest BCUT2D eigenvalue weighted by Gasteiger charge is -2.34. The molecule has 0 aliphatic carbocycles. The Morgan fingerprint density at radius 3 is 2.15 bits per heavy atom. The summed E-state index contributed by atoms with van der Waals surface area (Å²) in [7, 11) is -2.27. The maximum Gasteiger partial charge on any atom is 0.244 e. The average molecular weight is 566 g/mol. The van der Waals surface area contributed by atoms with E-state index in [2.05, 4.69) is 5.32 Å². The van der Waals surface area contributed by atoms with Gasteiger partial charge >= 0.3 is 0 Å². The lowest BCUT2D eigenvalue weighted by molar-refractivity contribution is -0.140. The van der Waals surface area contributed by atoms with Crippen molar-refractivity contribution in [1.29, 1.82) is 0 Å². The van der Waals surface area contributed by atoms with Gasteiger partial charge in [-0.05, 0) is 54.7 Å². The van der Waals surface area contributed by atoms with Gasteiger partial charge in [0.25, 0.3) is 0 Å². The number of rotatable bonds is 13. The molecule has 0 aliphatic rings. The van der Waals surface area contributed by atoms with E-state index in [-0.39, 0.29) is 18.9 Å². The van der Waals surface area contributed by atoms with Crippen LogP contribution in [0.2, 0.25) is 0 Å². The van der Waals surface area contributed by atoms with E-state index < -0.39 is 28.5 Å². The Hall–Kier alpha value is -3.85. The van der Waals surface area contributed by atoms with Crippen molar-refractivity contribution in [3.05, 3.63) is 95.1 Å². The zero-order chi connectivity index (χ0) is 29.3. The van der Waals surface area contributed by atoms with Crippen molar-refractivity contribution in [2.75, 3.05) is 30.8 Å². The smallest absolute Gasteiger partial charge is 0.244 e. The van der Waals surface area contributed by atoms with Crippen LogP contribution in [0.3, 0.4) is 0 Å². The first-order valence-corrected chi connectivity index (χ1v) is 15.2. The van der Waals surface area contributed by atoms with E-state index in [4.69, 9.17) is 4.74 Å². The van der Waals surface area contributed by atoms with Crippen LogP contribution in [0.1, 0.15) is 35.6 Å². The van der Waals surface area contributed by atoms with Crippen molar-refractivity contribution in [1.82, 2.24) is 10.2 Å². The standard InChI is InChI=1S/C31H39N3O5S/c1-6-18-32-31(36)28(20-25-14-8-7-9-15-25)33(21-26-16-11-17-27(19-26)39-4)29(35)22-34(40(5,37)38)30-23(2)12-10-13-24(30)3/h7-17,19,28H,6,18,20-22H2,1-5H3,(H,32,36)/t28-/m1/s1. The molecule has 0 heterocycles. The van der Waals surface area contributed by atoms with Gasteiger partial charge in [-0.15, -0.1) is 0 Å². The minimum Gasteiger partial charge on any atom is -0.497 e. The molecule has 0 saturated carbocycles. The van der Waals surface area contributed by atoms with Crippen LogP contribution in [0.4, 0.5) is 5.69 Å². The Balaban J connectivity index is 2.09. The van der Waals surface area contributed by atoms with Gasteiger partial charge in [-0.1, -0.05) is 67.6 Å². The highest BCUT2D eigenvalue weighted by atomic mass is 32.2. The molecule has 0 fully saturated rings. The molecular formula is C31H39N3O5S. The first-order valence-electron chi connectivity index (χ1n) is 13.3. The van der Waals surface area contributed by atoms with Gasteiger partial charge in [-0.3, -0.25) is 13.9 Å². The lowest BCUT2D eigenvalue weighted by atomic mass is 10.0. The van der Waals surface area contributed by atoms with E-state index in [1.54, 1.807) is 13.2 Å². The molecule has 214 valence electrons. The van der Waals surface area contributed by atoms with Gasteiger partial charge < -0.3 is 15.0 Å². The van der Waals surface area contributed by atoms with Crippen LogP contribution in [-0.2, 0) is 32.6 Å². The highest BCUT2D eigenvalue weighted by Crippen LogP contribution is 2.27. The van der Waals surface area contributed by atoms with Crippen molar-refractivity contribution in [3.8, 4) is 5.75 Å². The number of methoxy groups -OCH3 is 1. The number of amides is 2. The number of nitrogens with zero attached hydrogens (tertiary/aromatic N) is 2. The number of carbonyl (C=O) groups is 2. The monoisotopic (exact) mass is 565 g/mol. The number of anilines is 1. The summed E-state index contributed by atoms with van der Waals surface area (Å²) in [4.78, 5) is 29.2. The molecule has 3 rings (SSSR count). The molecule has 0 spiro atoms. The fraction of sp³-hybridized carbons (Fsp3) is 0.355. The fourth-order valence-electron chi connectivity index (χ4n) is 4.66. The average Bonchev–Trinajstić information content (AvgIpc) is 2.93. The molecule has 0 aliphatic heterocycles. The molecule has 8 nitrogen and oxygen atoms in total. The van der Waals surface area contributed by atoms with Crippen LogP contribution < -0.4 is 14.4 Å². The van der Waals surface area contributed by atoms with Gasteiger partial charge in [0.15, 0.2) is 0 Å². The molecule has 2 amide bonds. The zero-order valence-corrected chi connectivity index (χ0v) is 24.7. The number of benzene rings is 3. The van der Waals surface area contributed by atoms with E-state index in [1.165, 1.54) is 4.90 Å². The van der Waals surface area contributed by atoms with E-state index in [0.717, 1.165) is 39.2 Å². The second-order valence-corrected chi connectivity index (χ2v) is 11.8. The molecule has 3 aromatic carbocycles. The molecule has 1 N–H and O–H groups in total. The molecule has 0 bridgehead atoms. The summed E-state index contributed by atoms with van der Waals surface area (Å²) in [6, 6.07) is 21.4. The normalized spacial score (nSPS) is 11.9. The Morgan fingerprint density at radius 2 is 1.55 bits per heavy atom. The molecule has 0 saturated heterocycles. The first-order chi connectivity index (χ1) is 19.0. The lowest BCUT2D eigenvalue weighted by Crippen LogP contribution is -2.53. The highest BCUT2D eigenvalue weighted by Gasteiger charge is 2.33. The third-order valence-corrected chi connectivity index (χ3v) is 7.79. The summed E-state index contributed by atoms with van der Waals surface area (Å²) in [5, 5.41) is 2.94. The second-order valence-electron chi connectivity index (χ2n) is 9.88. The molecule has 0 aromatic heterocycles. The molecule has 3 aromatic rings. The van der Waals surface area contributed by atoms with Gasteiger partial charge in [-0.25, -0.2) is 8.42 Å². The summed E-state index contributed by atoms with van der Waals surface area (Å²) in [5.74, 6) is -0.156. The summed E-state index contributed by atoms with van der Waals surface area (Å²) >= 11 is 0. The number of sulfonamides is 1. The van der Waals surface area contributed by atoms with Crippen molar-refractivity contribution in [2.24, 2.45) is 0 Å². The van der Waals surface area contributed by atoms with Crippen molar-refractivity contribution < 1.29 is 22.7 Å². The number of hydrogen-bond acceptors (Lipinski definition) is 5. The van der Waals surface area contributed by atoms with Crippen LogP contribution in [-0.4, -0.2) is 57.6 Å². The number of hydrogen-bond donors (Lipinski definition) is 1. The topological polar surface area (TPSA) is 96.0 Å². The Morgan fingerprint density at radius 1 is 0.925 bits per heavy atom. The van der Waals surface area contributed by atoms with Crippen LogP contribution in [0, 0.1) is 13.8 Å². The van der Waals surface area contributed by atoms with Crippen LogP contribution >= 0.6 is 0 Å². The summed E-state index contributed by atoms with van der Waals surface area (Å²) in [6.07, 6.45) is 2.10. The number of ether oxygens (including phenoxy) is 1. The third kappa shape index (κ3) is 8.08. The third-order valence-electron chi connectivity index (χ3n) is 6.68. The molecule has 0 radical (unpaired) electrons. The quantitative estimate of drug-likeness (QED) is 0.334.